The van der Waals surface area contributed by atoms with Crippen LogP contribution in [0.4, 0.5) is 0 Å². The Labute approximate surface area is 192 Å². The van der Waals surface area contributed by atoms with E-state index >= 15 is 0 Å². The SMILES string of the molecule is CCC(CC)C(=O)OCOC(=O)C1=C(SC2CC[SiH](O)C2)SC2N1C(=O)C2(C)C(C)O. The summed E-state index contributed by atoms with van der Waals surface area (Å²) < 4.78 is 11.0. The van der Waals surface area contributed by atoms with Crippen LogP contribution in [0.15, 0.2) is 9.93 Å². The third kappa shape index (κ3) is 4.57. The number of carbonyl (C=O) groups excluding carboxylic acids is 3. The van der Waals surface area contributed by atoms with Crippen LogP contribution in [-0.4, -0.2) is 65.2 Å². The Kier molecular flexibility index (Phi) is 7.83. The third-order valence-corrected chi connectivity index (χ3v) is 12.0. The van der Waals surface area contributed by atoms with Crippen LogP contribution in [-0.2, 0) is 23.9 Å². The van der Waals surface area contributed by atoms with E-state index in [2.05, 4.69) is 0 Å². The highest BCUT2D eigenvalue weighted by Crippen LogP contribution is 2.60. The molecule has 3 aliphatic rings. The van der Waals surface area contributed by atoms with Gasteiger partial charge in [-0.3, -0.25) is 14.5 Å². The maximum Gasteiger partial charge on any atom is 0.359 e. The smallest absolute Gasteiger partial charge is 0.359 e. The van der Waals surface area contributed by atoms with Crippen molar-refractivity contribution in [1.29, 1.82) is 0 Å². The molecule has 2 fully saturated rings. The van der Waals surface area contributed by atoms with Crippen LogP contribution in [0.2, 0.25) is 12.1 Å². The number of aliphatic hydroxyl groups excluding tert-OH is 1. The van der Waals surface area contributed by atoms with Gasteiger partial charge in [0.1, 0.15) is 10.8 Å². The molecule has 0 bridgehead atoms. The highest BCUT2D eigenvalue weighted by atomic mass is 32.2. The number of esters is 2. The molecule has 3 heterocycles. The first kappa shape index (κ1) is 24.6. The summed E-state index contributed by atoms with van der Waals surface area (Å²) in [6.45, 7) is 6.56. The molecule has 3 rings (SSSR count). The van der Waals surface area contributed by atoms with E-state index in [1.165, 1.54) is 28.4 Å². The summed E-state index contributed by atoms with van der Waals surface area (Å²) in [7, 11) is -1.68. The monoisotopic (exact) mass is 489 g/mol. The molecule has 0 spiro atoms. The van der Waals surface area contributed by atoms with Crippen molar-refractivity contribution in [1.82, 2.24) is 4.90 Å². The number of carbonyl (C=O) groups is 3. The van der Waals surface area contributed by atoms with Crippen molar-refractivity contribution in [3.63, 3.8) is 0 Å². The molecule has 5 atom stereocenters. The van der Waals surface area contributed by atoms with Crippen LogP contribution < -0.4 is 0 Å². The second-order valence-corrected chi connectivity index (χ2v) is 13.5. The number of hydrogen-bond donors (Lipinski definition) is 2. The van der Waals surface area contributed by atoms with E-state index < -0.39 is 39.3 Å². The lowest BCUT2D eigenvalue weighted by atomic mass is 9.75. The second-order valence-electron chi connectivity index (χ2n) is 8.47. The fraction of sp³-hybridized carbons (Fsp3) is 0.750. The van der Waals surface area contributed by atoms with E-state index in [1.54, 1.807) is 13.8 Å². The quantitative estimate of drug-likeness (QED) is 0.218. The highest BCUT2D eigenvalue weighted by molar-refractivity contribution is 8.23. The summed E-state index contributed by atoms with van der Waals surface area (Å²) in [5.74, 6) is -1.69. The zero-order valence-corrected chi connectivity index (χ0v) is 21.1. The Balaban J connectivity index is 1.73. The van der Waals surface area contributed by atoms with Crippen molar-refractivity contribution in [2.24, 2.45) is 11.3 Å². The van der Waals surface area contributed by atoms with E-state index in [-0.39, 0.29) is 28.1 Å². The van der Waals surface area contributed by atoms with Gasteiger partial charge >= 0.3 is 11.9 Å². The van der Waals surface area contributed by atoms with Crippen LogP contribution in [0.5, 0.6) is 0 Å². The van der Waals surface area contributed by atoms with Crippen molar-refractivity contribution in [2.45, 2.75) is 75.8 Å². The fourth-order valence-electron chi connectivity index (χ4n) is 4.10. The van der Waals surface area contributed by atoms with Crippen molar-refractivity contribution in [3.05, 3.63) is 9.93 Å². The van der Waals surface area contributed by atoms with Crippen molar-refractivity contribution < 1.29 is 33.8 Å². The molecular weight excluding hydrogens is 458 g/mol. The van der Waals surface area contributed by atoms with E-state index in [0.29, 0.717) is 17.1 Å². The van der Waals surface area contributed by atoms with E-state index in [0.717, 1.165) is 18.5 Å². The molecule has 0 aromatic carbocycles. The molecule has 0 aliphatic carbocycles. The normalized spacial score (nSPS) is 31.0. The summed E-state index contributed by atoms with van der Waals surface area (Å²) in [4.78, 5) is 49.2. The fourth-order valence-corrected chi connectivity index (χ4v) is 10.4. The number of amides is 1. The van der Waals surface area contributed by atoms with Crippen molar-refractivity contribution in [2.75, 3.05) is 6.79 Å². The third-order valence-electron chi connectivity index (χ3n) is 6.48. The molecule has 0 saturated carbocycles. The standard InChI is InChI=1S/C20H31NO7S2Si/c1-5-12(6-2)15(23)27-10-28-16(24)14-17(29-13-7-8-31(26)9-13)30-19-20(4,11(3)22)18(25)21(14)19/h11-13,19,22,26,31H,5-10H2,1-4H3. The molecule has 0 radical (unpaired) electrons. The molecule has 31 heavy (non-hydrogen) atoms. The van der Waals surface area contributed by atoms with Gasteiger partial charge in [-0.1, -0.05) is 25.6 Å². The van der Waals surface area contributed by atoms with E-state index in [9.17, 15) is 24.3 Å². The number of rotatable bonds is 9. The molecule has 2 saturated heterocycles. The molecule has 0 aromatic heterocycles. The topological polar surface area (TPSA) is 113 Å². The zero-order valence-electron chi connectivity index (χ0n) is 18.3. The van der Waals surface area contributed by atoms with Gasteiger partial charge in [-0.25, -0.2) is 4.79 Å². The minimum atomic E-state index is -1.68. The Morgan fingerprint density at radius 2 is 2.03 bits per heavy atom. The van der Waals surface area contributed by atoms with Crippen LogP contribution in [0.1, 0.15) is 47.0 Å². The van der Waals surface area contributed by atoms with E-state index in [1.807, 2.05) is 13.8 Å². The number of aliphatic hydroxyl groups is 1. The first-order chi connectivity index (χ1) is 14.6. The van der Waals surface area contributed by atoms with Crippen molar-refractivity contribution in [3.8, 4) is 0 Å². The largest absolute Gasteiger partial charge is 0.435 e. The molecule has 1 amide bonds. The minimum Gasteiger partial charge on any atom is -0.435 e. The van der Waals surface area contributed by atoms with Gasteiger partial charge in [0.05, 0.1) is 16.3 Å². The Hall–Kier alpha value is -1.01. The molecule has 11 heteroatoms. The summed E-state index contributed by atoms with van der Waals surface area (Å²) in [6.07, 6.45) is 1.30. The van der Waals surface area contributed by atoms with Gasteiger partial charge in [-0.05, 0) is 45.2 Å². The summed E-state index contributed by atoms with van der Waals surface area (Å²) in [6, 6.07) is 1.61. The predicted octanol–water partition coefficient (Wildman–Crippen LogP) is 2.16. The highest BCUT2D eigenvalue weighted by Gasteiger charge is 2.66. The van der Waals surface area contributed by atoms with Gasteiger partial charge < -0.3 is 19.4 Å². The Morgan fingerprint density at radius 3 is 2.58 bits per heavy atom. The first-order valence-electron chi connectivity index (χ1n) is 10.8. The number of hydrogen-bond acceptors (Lipinski definition) is 9. The maximum absolute atomic E-state index is 12.9. The molecule has 2 N–H and O–H groups in total. The second kappa shape index (κ2) is 9.86. The molecule has 5 unspecified atom stereocenters. The van der Waals surface area contributed by atoms with Gasteiger partial charge in [-0.15, -0.1) is 11.8 Å². The zero-order chi connectivity index (χ0) is 22.9. The number of nitrogens with zero attached hydrogens (tertiary/aromatic N) is 1. The van der Waals surface area contributed by atoms with Gasteiger partial charge in [0.25, 0.3) is 0 Å². The van der Waals surface area contributed by atoms with Crippen LogP contribution in [0.25, 0.3) is 0 Å². The summed E-state index contributed by atoms with van der Waals surface area (Å²) in [5.41, 5.74) is -0.825. The summed E-state index contributed by atoms with van der Waals surface area (Å²) in [5, 5.41) is 10.0. The predicted molar refractivity (Wildman–Crippen MR) is 121 cm³/mol. The Morgan fingerprint density at radius 1 is 1.35 bits per heavy atom. The number of thioether (sulfide) groups is 2. The van der Waals surface area contributed by atoms with Crippen LogP contribution >= 0.6 is 23.5 Å². The lowest BCUT2D eigenvalue weighted by Gasteiger charge is -2.52. The minimum absolute atomic E-state index is 0.157. The van der Waals surface area contributed by atoms with Gasteiger partial charge in [0, 0.05) is 5.25 Å². The van der Waals surface area contributed by atoms with Gasteiger partial charge in [0.15, 0.2) is 14.7 Å². The average Bonchev–Trinajstić information content (AvgIpc) is 3.30. The molecule has 174 valence electrons. The molecule has 8 nitrogen and oxygen atoms in total. The Bertz CT molecular complexity index is 773. The number of fused-ring (bicyclic) bond motifs is 1. The maximum atomic E-state index is 12.9. The summed E-state index contributed by atoms with van der Waals surface area (Å²) >= 11 is 2.89. The van der Waals surface area contributed by atoms with Gasteiger partial charge in [0.2, 0.25) is 12.7 Å². The van der Waals surface area contributed by atoms with Crippen LogP contribution in [0, 0.1) is 11.3 Å². The molecule has 0 aromatic rings. The number of β-lactam (4-membered cyclic amide) rings is 1. The molecular formula is C20H31NO7S2Si. The lowest BCUT2D eigenvalue weighted by molar-refractivity contribution is -0.177. The molecule has 3 aliphatic heterocycles. The lowest BCUT2D eigenvalue weighted by Crippen LogP contribution is -2.68. The number of ether oxygens (including phenoxy) is 2. The van der Waals surface area contributed by atoms with E-state index in [4.69, 9.17) is 9.47 Å². The average molecular weight is 490 g/mol. The van der Waals surface area contributed by atoms with Crippen molar-refractivity contribution >= 4 is 50.4 Å². The van der Waals surface area contributed by atoms with Gasteiger partial charge in [-0.2, -0.15) is 0 Å². The first-order valence-corrected chi connectivity index (χ1v) is 14.7. The van der Waals surface area contributed by atoms with Crippen LogP contribution in [0.3, 0.4) is 0 Å².